The first-order valence-electron chi connectivity index (χ1n) is 25.5. The molecule has 0 saturated carbocycles. The lowest BCUT2D eigenvalue weighted by atomic mass is 10.0. The highest BCUT2D eigenvalue weighted by Gasteiger charge is 2.18. The average molecular weight is 970 g/mol. The summed E-state index contributed by atoms with van der Waals surface area (Å²) in [6.45, 7) is 8.44. The van der Waals surface area contributed by atoms with Gasteiger partial charge in [-0.3, -0.25) is 29.1 Å². The summed E-state index contributed by atoms with van der Waals surface area (Å²) in [4.78, 5) is 44.8. The molecule has 3 saturated heterocycles. The Bertz CT molecular complexity index is 2580. The number of benzene rings is 4. The van der Waals surface area contributed by atoms with Crippen molar-refractivity contribution in [3.8, 4) is 33.8 Å². The molecule has 3 amide bonds. The van der Waals surface area contributed by atoms with Crippen LogP contribution in [0.25, 0.3) is 33.8 Å². The van der Waals surface area contributed by atoms with Crippen LogP contribution in [0, 0.1) is 0 Å². The van der Waals surface area contributed by atoms with Crippen LogP contribution in [-0.4, -0.2) is 136 Å². The molecule has 3 aliphatic rings. The Hall–Kier alpha value is -7.41. The van der Waals surface area contributed by atoms with Crippen molar-refractivity contribution >= 4 is 34.8 Å². The van der Waals surface area contributed by atoms with Crippen molar-refractivity contribution < 1.29 is 14.4 Å². The van der Waals surface area contributed by atoms with Crippen molar-refractivity contribution in [3.63, 3.8) is 0 Å². The smallest absolute Gasteiger partial charge is 0.238 e. The van der Waals surface area contributed by atoms with E-state index in [1.807, 2.05) is 105 Å². The third kappa shape index (κ3) is 13.3. The third-order valence-corrected chi connectivity index (χ3v) is 13.6. The van der Waals surface area contributed by atoms with Crippen molar-refractivity contribution in [2.75, 3.05) is 74.9 Å². The molecule has 0 radical (unpaired) electrons. The summed E-state index contributed by atoms with van der Waals surface area (Å²) in [6, 6.07) is 29.6. The van der Waals surface area contributed by atoms with Crippen LogP contribution in [0.5, 0.6) is 0 Å². The standard InChI is InChI=1S/C54H63N15O3/c70-52(37-64-22-4-1-5-23-64)55-46-16-10-43(11-17-46)49-34-67(61-58-49)31-40-28-41(32-68-35-50(59-62-68)44-12-18-47(19-13-44)56-53(71)38-65-24-6-2-7-25-65)30-42(29-40)33-69-36-51(60-63-69)45-14-20-48(21-15-45)57-54(72)39-66-26-8-3-9-27-66/h10-21,28-30,34-36H,1-9,22-27,31-33,37-39H2,(H,55,70)(H,56,71)(H,57,72). The van der Waals surface area contributed by atoms with Gasteiger partial charge in [0, 0.05) is 33.8 Å². The van der Waals surface area contributed by atoms with Gasteiger partial charge in [0.1, 0.15) is 17.1 Å². The average Bonchev–Trinajstić information content (AvgIpc) is 4.18. The van der Waals surface area contributed by atoms with Gasteiger partial charge in [0.05, 0.1) is 57.9 Å². The zero-order valence-electron chi connectivity index (χ0n) is 40.8. The molecule has 0 atom stereocenters. The minimum atomic E-state index is -0.00185. The van der Waals surface area contributed by atoms with Gasteiger partial charge < -0.3 is 16.0 Å². The number of nitrogens with zero attached hydrogens (tertiary/aromatic N) is 12. The second kappa shape index (κ2) is 23.2. The molecule has 0 aliphatic carbocycles. The molecule has 10 rings (SSSR count). The van der Waals surface area contributed by atoms with Crippen molar-refractivity contribution in [1.82, 2.24) is 59.7 Å². The first kappa shape index (κ1) is 48.2. The van der Waals surface area contributed by atoms with Gasteiger partial charge in [-0.05, 0) is 131 Å². The quantitative estimate of drug-likeness (QED) is 0.0810. The zero-order chi connectivity index (χ0) is 49.1. The van der Waals surface area contributed by atoms with E-state index in [-0.39, 0.29) is 17.7 Å². The minimum absolute atomic E-state index is 0.00185. The summed E-state index contributed by atoms with van der Waals surface area (Å²) in [5.41, 5.74) is 10.2. The number of aromatic nitrogens is 9. The molecule has 4 aromatic carbocycles. The summed E-state index contributed by atoms with van der Waals surface area (Å²) in [5, 5.41) is 36.2. The highest BCUT2D eigenvalue weighted by atomic mass is 16.2. The lowest BCUT2D eigenvalue weighted by Gasteiger charge is -2.25. The van der Waals surface area contributed by atoms with Crippen LogP contribution in [0.2, 0.25) is 0 Å². The second-order valence-corrected chi connectivity index (χ2v) is 19.4. The number of nitrogens with one attached hydrogen (secondary N) is 3. The molecule has 3 N–H and O–H groups in total. The van der Waals surface area contributed by atoms with Gasteiger partial charge in [-0.1, -0.05) is 89.5 Å². The molecule has 3 fully saturated rings. The van der Waals surface area contributed by atoms with E-state index in [1.54, 1.807) is 0 Å². The Morgan fingerprint density at radius 1 is 0.375 bits per heavy atom. The van der Waals surface area contributed by atoms with Crippen LogP contribution < -0.4 is 16.0 Å². The molecule has 372 valence electrons. The second-order valence-electron chi connectivity index (χ2n) is 19.4. The van der Waals surface area contributed by atoms with E-state index in [4.69, 9.17) is 0 Å². The lowest BCUT2D eigenvalue weighted by Crippen LogP contribution is -2.36. The molecule has 3 aliphatic heterocycles. The predicted molar refractivity (Wildman–Crippen MR) is 277 cm³/mol. The van der Waals surface area contributed by atoms with Crippen molar-refractivity contribution in [2.24, 2.45) is 0 Å². The molecule has 72 heavy (non-hydrogen) atoms. The van der Waals surface area contributed by atoms with Gasteiger partial charge in [0.2, 0.25) is 17.7 Å². The zero-order valence-corrected chi connectivity index (χ0v) is 40.8. The molecular formula is C54H63N15O3. The van der Waals surface area contributed by atoms with E-state index in [0.29, 0.717) is 39.3 Å². The van der Waals surface area contributed by atoms with Crippen LogP contribution in [-0.2, 0) is 34.0 Å². The SMILES string of the molecule is O=C(CN1CCCCC1)Nc1ccc(-c2cn(Cc3cc(Cn4cc(-c5ccc(NC(=O)CN6CCCCC6)cc5)nn4)cc(Cn4cc(-c5ccc(NC(=O)CN6CCCCC6)cc5)nn4)c3)nn2)cc1. The molecule has 18 heteroatoms. The van der Waals surface area contributed by atoms with Crippen LogP contribution >= 0.6 is 0 Å². The Kier molecular flexibility index (Phi) is 15.6. The van der Waals surface area contributed by atoms with Crippen LogP contribution in [0.15, 0.2) is 110 Å². The van der Waals surface area contributed by atoms with E-state index in [2.05, 4.69) is 79.8 Å². The Balaban J connectivity index is 0.817. The van der Waals surface area contributed by atoms with Gasteiger partial charge in [-0.15, -0.1) is 15.3 Å². The highest BCUT2D eigenvalue weighted by molar-refractivity contribution is 5.93. The van der Waals surface area contributed by atoms with Gasteiger partial charge in [-0.2, -0.15) is 0 Å². The van der Waals surface area contributed by atoms with Gasteiger partial charge in [-0.25, -0.2) is 14.0 Å². The van der Waals surface area contributed by atoms with E-state index in [9.17, 15) is 14.4 Å². The maximum Gasteiger partial charge on any atom is 0.238 e. The largest absolute Gasteiger partial charge is 0.325 e. The van der Waals surface area contributed by atoms with Gasteiger partial charge in [0.25, 0.3) is 0 Å². The summed E-state index contributed by atoms with van der Waals surface area (Å²) < 4.78 is 5.48. The summed E-state index contributed by atoms with van der Waals surface area (Å²) >= 11 is 0. The molecule has 0 bridgehead atoms. The van der Waals surface area contributed by atoms with Crippen LogP contribution in [0.3, 0.4) is 0 Å². The summed E-state index contributed by atoms with van der Waals surface area (Å²) in [6.07, 6.45) is 16.3. The molecule has 0 spiro atoms. The number of amides is 3. The topological polar surface area (TPSA) is 189 Å². The number of carbonyl (C=O) groups excluding carboxylic acids is 3. The fourth-order valence-corrected chi connectivity index (χ4v) is 9.93. The van der Waals surface area contributed by atoms with E-state index in [1.165, 1.54) is 19.3 Å². The van der Waals surface area contributed by atoms with Crippen molar-refractivity contribution in [1.29, 1.82) is 0 Å². The van der Waals surface area contributed by atoms with Crippen LogP contribution in [0.1, 0.15) is 74.5 Å². The molecule has 3 aromatic heterocycles. The Morgan fingerprint density at radius 3 is 0.903 bits per heavy atom. The van der Waals surface area contributed by atoms with Crippen LogP contribution in [0.4, 0.5) is 17.1 Å². The fraction of sp³-hybridized carbons (Fsp3) is 0.389. The van der Waals surface area contributed by atoms with Gasteiger partial charge in [0.15, 0.2) is 0 Å². The Labute approximate surface area is 419 Å². The summed E-state index contributed by atoms with van der Waals surface area (Å²) in [7, 11) is 0. The van der Waals surface area contributed by atoms with Crippen molar-refractivity contribution in [3.05, 3.63) is 126 Å². The predicted octanol–water partition coefficient (Wildman–Crippen LogP) is 6.88. The number of anilines is 3. The summed E-state index contributed by atoms with van der Waals surface area (Å²) in [5.74, 6) is -0.00555. The first-order chi connectivity index (χ1) is 35.3. The molecule has 0 unspecified atom stereocenters. The monoisotopic (exact) mass is 970 g/mol. The van der Waals surface area contributed by atoms with Crippen molar-refractivity contribution in [2.45, 2.75) is 77.4 Å². The van der Waals surface area contributed by atoms with E-state index in [0.717, 1.165) is 145 Å². The number of carbonyl (C=O) groups is 3. The Morgan fingerprint density at radius 2 is 0.639 bits per heavy atom. The maximum atomic E-state index is 12.7. The number of piperidine rings is 3. The normalized spacial score (nSPS) is 15.8. The fourth-order valence-electron chi connectivity index (χ4n) is 9.93. The molecule has 6 heterocycles. The number of likely N-dealkylation sites (tertiary alicyclic amines) is 3. The third-order valence-electron chi connectivity index (χ3n) is 13.6. The molecule has 18 nitrogen and oxygen atoms in total. The molecular weight excluding hydrogens is 907 g/mol. The first-order valence-corrected chi connectivity index (χ1v) is 25.5. The molecule has 7 aromatic rings. The minimum Gasteiger partial charge on any atom is -0.325 e. The van der Waals surface area contributed by atoms with E-state index >= 15 is 0 Å². The maximum absolute atomic E-state index is 12.7. The van der Waals surface area contributed by atoms with Gasteiger partial charge >= 0.3 is 0 Å². The number of hydrogen-bond donors (Lipinski definition) is 3. The van der Waals surface area contributed by atoms with E-state index < -0.39 is 0 Å². The highest BCUT2D eigenvalue weighted by Crippen LogP contribution is 2.24. The lowest BCUT2D eigenvalue weighted by molar-refractivity contribution is -0.118. The number of hydrogen-bond acceptors (Lipinski definition) is 12. The number of rotatable bonds is 18.